The third-order valence-corrected chi connectivity index (χ3v) is 10.1. The standard InChI is InChI=1S/C44H30N2/c1-2-12-29(13-3-1)30-20-21-31-26-43(45-22-10-8-18-41(45)37(31)24-30)44-27-32-25-39-35-16-6-4-14-33(35)34-15-5-7-17-36(34)40(39)28-38(32)42-19-9-11-23-46(42)44/h1-25,28H,26-27H2/q+2/b44-43+. The lowest BCUT2D eigenvalue weighted by Crippen LogP contribution is -2.47. The van der Waals surface area contributed by atoms with E-state index >= 15 is 0 Å². The smallest absolute Gasteiger partial charge is 0.158 e. The van der Waals surface area contributed by atoms with Crippen LogP contribution >= 0.6 is 0 Å². The Bertz CT molecular complexity index is 2580. The molecule has 0 amide bonds. The monoisotopic (exact) mass is 586 g/mol. The minimum Gasteiger partial charge on any atom is -0.158 e. The third-order valence-electron chi connectivity index (χ3n) is 10.1. The number of fused-ring (bicyclic) bond motifs is 12. The fourth-order valence-corrected chi connectivity index (χ4v) is 7.97. The molecule has 2 aliphatic heterocycles. The summed E-state index contributed by atoms with van der Waals surface area (Å²) in [5, 5.41) is 7.92. The normalized spacial score (nSPS) is 15.0. The van der Waals surface area contributed by atoms with Crippen molar-refractivity contribution in [3.05, 3.63) is 169 Å². The second-order valence-corrected chi connectivity index (χ2v) is 12.5. The molecule has 0 radical (unpaired) electrons. The number of nitrogens with zero attached hydrogens (tertiary/aromatic N) is 2. The molecule has 2 aromatic heterocycles. The molecule has 2 aliphatic rings. The van der Waals surface area contributed by atoms with Crippen LogP contribution in [-0.2, 0) is 12.8 Å². The summed E-state index contributed by atoms with van der Waals surface area (Å²) in [6, 6.07) is 53.6. The van der Waals surface area contributed by atoms with Gasteiger partial charge in [0.2, 0.25) is 11.4 Å². The minimum absolute atomic E-state index is 0.863. The lowest BCUT2D eigenvalue weighted by atomic mass is 9.86. The molecule has 2 nitrogen and oxygen atoms in total. The first kappa shape index (κ1) is 25.5. The van der Waals surface area contributed by atoms with Gasteiger partial charge < -0.3 is 0 Å². The molecular weight excluding hydrogens is 556 g/mol. The molecule has 0 atom stereocenters. The summed E-state index contributed by atoms with van der Waals surface area (Å²) in [5.74, 6) is 0. The summed E-state index contributed by atoms with van der Waals surface area (Å²) in [6.07, 6.45) is 6.23. The molecule has 0 N–H and O–H groups in total. The van der Waals surface area contributed by atoms with Crippen LogP contribution in [0.1, 0.15) is 11.1 Å². The van der Waals surface area contributed by atoms with E-state index < -0.39 is 0 Å². The maximum Gasteiger partial charge on any atom is 0.259 e. The largest absolute Gasteiger partial charge is 0.259 e. The SMILES string of the molecule is c1ccc(-c2ccc3c(c2)-c2cccc[n+]2/C(=C2\Cc4cc5c6ccccc6c6ccccc6c5cc4-c4cccc[n+]42)C3)cc1. The molecule has 0 bridgehead atoms. The fraction of sp³-hybridized carbons (Fsp3) is 0.0455. The molecular formula is C44H30N2+2. The Kier molecular flexibility index (Phi) is 5.44. The Labute approximate surface area is 267 Å². The summed E-state index contributed by atoms with van der Waals surface area (Å²) in [4.78, 5) is 0. The van der Waals surface area contributed by atoms with E-state index in [2.05, 4.69) is 167 Å². The zero-order valence-electron chi connectivity index (χ0n) is 25.3. The zero-order valence-corrected chi connectivity index (χ0v) is 25.3. The van der Waals surface area contributed by atoms with E-state index in [4.69, 9.17) is 0 Å². The Morgan fingerprint density at radius 3 is 1.48 bits per heavy atom. The Morgan fingerprint density at radius 2 is 0.848 bits per heavy atom. The highest BCUT2D eigenvalue weighted by atomic mass is 15.1. The van der Waals surface area contributed by atoms with E-state index in [9.17, 15) is 0 Å². The van der Waals surface area contributed by atoms with Crippen molar-refractivity contribution < 1.29 is 9.13 Å². The molecule has 2 heteroatoms. The molecule has 0 saturated carbocycles. The van der Waals surface area contributed by atoms with E-state index in [0.717, 1.165) is 12.8 Å². The van der Waals surface area contributed by atoms with Gasteiger partial charge in [0.25, 0.3) is 11.4 Å². The Morgan fingerprint density at radius 1 is 0.348 bits per heavy atom. The van der Waals surface area contributed by atoms with Crippen LogP contribution in [0.3, 0.4) is 0 Å². The van der Waals surface area contributed by atoms with E-state index in [1.807, 2.05) is 0 Å². The molecule has 214 valence electrons. The van der Waals surface area contributed by atoms with Crippen LogP contribution in [0, 0.1) is 0 Å². The topological polar surface area (TPSA) is 7.76 Å². The molecule has 6 aromatic carbocycles. The highest BCUT2D eigenvalue weighted by molar-refractivity contribution is 6.26. The minimum atomic E-state index is 0.863. The number of benzene rings is 6. The van der Waals surface area contributed by atoms with Gasteiger partial charge in [-0.15, -0.1) is 0 Å². The van der Waals surface area contributed by atoms with Crippen LogP contribution in [-0.4, -0.2) is 0 Å². The summed E-state index contributed by atoms with van der Waals surface area (Å²) in [7, 11) is 0. The van der Waals surface area contributed by atoms with Gasteiger partial charge in [0.1, 0.15) is 0 Å². The molecule has 0 saturated heterocycles. The first-order valence-electron chi connectivity index (χ1n) is 16.1. The quantitative estimate of drug-likeness (QED) is 0.134. The van der Waals surface area contributed by atoms with Gasteiger partial charge in [0.15, 0.2) is 12.4 Å². The van der Waals surface area contributed by atoms with Crippen LogP contribution in [0.2, 0.25) is 0 Å². The number of aromatic nitrogens is 2. The first-order valence-corrected chi connectivity index (χ1v) is 16.1. The van der Waals surface area contributed by atoms with Gasteiger partial charge >= 0.3 is 0 Å². The number of allylic oxidation sites excluding steroid dienone is 2. The van der Waals surface area contributed by atoms with E-state index in [1.54, 1.807) is 0 Å². The van der Waals surface area contributed by atoms with Crippen molar-refractivity contribution in [3.8, 4) is 33.6 Å². The lowest BCUT2D eigenvalue weighted by Gasteiger charge is -2.22. The van der Waals surface area contributed by atoms with Crippen molar-refractivity contribution in [2.24, 2.45) is 0 Å². The maximum atomic E-state index is 2.48. The first-order chi connectivity index (χ1) is 22.8. The van der Waals surface area contributed by atoms with Crippen molar-refractivity contribution in [1.82, 2.24) is 0 Å². The molecule has 4 heterocycles. The number of pyridine rings is 2. The van der Waals surface area contributed by atoms with Crippen molar-refractivity contribution in [1.29, 1.82) is 0 Å². The molecule has 0 fully saturated rings. The number of hydrogen-bond acceptors (Lipinski definition) is 0. The fourth-order valence-electron chi connectivity index (χ4n) is 7.97. The van der Waals surface area contributed by atoms with E-state index in [1.165, 1.54) is 88.5 Å². The van der Waals surface area contributed by atoms with Gasteiger partial charge in [-0.25, -0.2) is 0 Å². The second kappa shape index (κ2) is 9.82. The highest BCUT2D eigenvalue weighted by Gasteiger charge is 2.38. The number of rotatable bonds is 1. The van der Waals surface area contributed by atoms with E-state index in [0.29, 0.717) is 0 Å². The zero-order chi connectivity index (χ0) is 30.2. The average molecular weight is 587 g/mol. The van der Waals surface area contributed by atoms with Crippen molar-refractivity contribution in [2.75, 3.05) is 0 Å². The van der Waals surface area contributed by atoms with Gasteiger partial charge in [-0.2, -0.15) is 9.13 Å². The Hall–Kier alpha value is -5.86. The van der Waals surface area contributed by atoms with Gasteiger partial charge in [0.05, 0.1) is 24.0 Å². The van der Waals surface area contributed by atoms with Gasteiger partial charge in [0, 0.05) is 24.3 Å². The molecule has 0 aliphatic carbocycles. The molecule has 46 heavy (non-hydrogen) atoms. The van der Waals surface area contributed by atoms with Gasteiger partial charge in [-0.3, -0.25) is 0 Å². The van der Waals surface area contributed by atoms with E-state index in [-0.39, 0.29) is 0 Å². The Balaban J connectivity index is 1.21. The average Bonchev–Trinajstić information content (AvgIpc) is 3.14. The third kappa shape index (κ3) is 3.71. The van der Waals surface area contributed by atoms with Crippen LogP contribution in [0.4, 0.5) is 0 Å². The molecule has 0 unspecified atom stereocenters. The summed E-state index contributed by atoms with van der Waals surface area (Å²) in [6.45, 7) is 0. The number of hydrogen-bond donors (Lipinski definition) is 0. The molecule has 0 spiro atoms. The molecule has 8 aromatic rings. The van der Waals surface area contributed by atoms with Crippen molar-refractivity contribution >= 4 is 43.7 Å². The van der Waals surface area contributed by atoms with Crippen LogP contribution < -0.4 is 9.13 Å². The van der Waals surface area contributed by atoms with Gasteiger partial charge in [-0.05, 0) is 84.9 Å². The molecule has 10 rings (SSSR count). The maximum absolute atomic E-state index is 2.48. The predicted octanol–water partition coefficient (Wildman–Crippen LogP) is 9.66. The van der Waals surface area contributed by atoms with Crippen molar-refractivity contribution in [2.45, 2.75) is 12.8 Å². The predicted molar refractivity (Wildman–Crippen MR) is 189 cm³/mol. The van der Waals surface area contributed by atoms with Crippen LogP contribution in [0.25, 0.3) is 77.4 Å². The van der Waals surface area contributed by atoms with Gasteiger partial charge in [-0.1, -0.05) is 91.0 Å². The summed E-state index contributed by atoms with van der Waals surface area (Å²) < 4.78 is 4.88. The summed E-state index contributed by atoms with van der Waals surface area (Å²) in [5.41, 5.74) is 13.0. The lowest BCUT2D eigenvalue weighted by molar-refractivity contribution is -0.602. The summed E-state index contributed by atoms with van der Waals surface area (Å²) >= 11 is 0. The van der Waals surface area contributed by atoms with Crippen LogP contribution in [0.5, 0.6) is 0 Å². The second-order valence-electron chi connectivity index (χ2n) is 12.5. The van der Waals surface area contributed by atoms with Crippen molar-refractivity contribution in [3.63, 3.8) is 0 Å². The van der Waals surface area contributed by atoms with Crippen LogP contribution in [0.15, 0.2) is 158 Å². The highest BCUT2D eigenvalue weighted by Crippen LogP contribution is 2.41.